The lowest BCUT2D eigenvalue weighted by Gasteiger charge is -2.34. The van der Waals surface area contributed by atoms with E-state index in [4.69, 9.17) is 0 Å². The average molecular weight is 531 g/mol. The van der Waals surface area contributed by atoms with Gasteiger partial charge in [0, 0.05) is 29.4 Å². The Balaban J connectivity index is 1.65. The minimum atomic E-state index is -3.80. The van der Waals surface area contributed by atoms with Crippen molar-refractivity contribution in [3.05, 3.63) is 89.5 Å². The van der Waals surface area contributed by atoms with Gasteiger partial charge in [0.15, 0.2) is 0 Å². The van der Waals surface area contributed by atoms with Gasteiger partial charge in [0.2, 0.25) is 10.0 Å². The molecule has 1 heterocycles. The lowest BCUT2D eigenvalue weighted by atomic mass is 9.94. The molecule has 5 nitrogen and oxygen atoms in total. The third-order valence-electron chi connectivity index (χ3n) is 6.08. The van der Waals surface area contributed by atoms with Gasteiger partial charge in [-0.25, -0.2) is 17.2 Å². The summed E-state index contributed by atoms with van der Waals surface area (Å²) in [4.78, 5) is 14.5. The summed E-state index contributed by atoms with van der Waals surface area (Å²) in [7, 11) is -3.80. The van der Waals surface area contributed by atoms with Crippen LogP contribution in [-0.4, -0.2) is 31.7 Å². The van der Waals surface area contributed by atoms with Crippen LogP contribution < -0.4 is 5.32 Å². The number of hydrogen-bond acceptors (Lipinski definition) is 4. The van der Waals surface area contributed by atoms with Gasteiger partial charge in [-0.2, -0.15) is 4.31 Å². The summed E-state index contributed by atoms with van der Waals surface area (Å²) in [6, 6.07) is 16.2. The zero-order valence-electron chi connectivity index (χ0n) is 20.1. The maximum atomic E-state index is 13.5. The molecule has 0 aliphatic carbocycles. The number of halogens is 2. The van der Waals surface area contributed by atoms with E-state index in [-0.39, 0.29) is 40.5 Å². The van der Waals surface area contributed by atoms with E-state index in [1.165, 1.54) is 52.5 Å². The van der Waals surface area contributed by atoms with Crippen LogP contribution in [0.15, 0.2) is 81.4 Å². The molecular weight excluding hydrogens is 502 g/mol. The van der Waals surface area contributed by atoms with Crippen LogP contribution in [-0.2, 0) is 16.6 Å². The first-order valence-electron chi connectivity index (χ1n) is 11.7. The van der Waals surface area contributed by atoms with E-state index in [9.17, 15) is 22.0 Å². The number of carbonyl (C=O) groups is 1. The highest BCUT2D eigenvalue weighted by atomic mass is 32.2. The van der Waals surface area contributed by atoms with Gasteiger partial charge >= 0.3 is 0 Å². The van der Waals surface area contributed by atoms with Crippen molar-refractivity contribution in [2.75, 3.05) is 13.1 Å². The van der Waals surface area contributed by atoms with Gasteiger partial charge in [-0.05, 0) is 78.4 Å². The number of amides is 1. The van der Waals surface area contributed by atoms with E-state index < -0.39 is 15.9 Å². The van der Waals surface area contributed by atoms with E-state index in [1.807, 2.05) is 13.8 Å². The second kappa shape index (κ2) is 11.1. The molecule has 4 rings (SSSR count). The second-order valence-corrected chi connectivity index (χ2v) is 12.3. The highest BCUT2D eigenvalue weighted by molar-refractivity contribution is 7.99. The van der Waals surface area contributed by atoms with Crippen LogP contribution in [0.3, 0.4) is 0 Å². The SMILES string of the molecule is C[C@@H]1C[C@H](C)CN(S(=O)(=O)c2ccc(Sc3ccc(F)cc3)c(C(=O)NCc3ccc(F)cc3)c2)C1. The number of piperidine rings is 1. The van der Waals surface area contributed by atoms with Crippen molar-refractivity contribution in [2.24, 2.45) is 11.8 Å². The molecule has 1 aliphatic rings. The Kier molecular flexibility index (Phi) is 8.12. The third kappa shape index (κ3) is 6.32. The Morgan fingerprint density at radius 1 is 0.944 bits per heavy atom. The minimum absolute atomic E-state index is 0.0548. The van der Waals surface area contributed by atoms with Crippen LogP contribution in [0.5, 0.6) is 0 Å². The van der Waals surface area contributed by atoms with Crippen molar-refractivity contribution in [2.45, 2.75) is 41.5 Å². The highest BCUT2D eigenvalue weighted by Crippen LogP contribution is 2.34. The number of nitrogens with one attached hydrogen (secondary N) is 1. The lowest BCUT2D eigenvalue weighted by Crippen LogP contribution is -2.42. The summed E-state index contributed by atoms with van der Waals surface area (Å²) in [5, 5.41) is 2.80. The Morgan fingerprint density at radius 3 is 2.14 bits per heavy atom. The molecule has 3 aromatic rings. The molecule has 0 saturated carbocycles. The van der Waals surface area contributed by atoms with Crippen LogP contribution in [0.2, 0.25) is 0 Å². The van der Waals surface area contributed by atoms with E-state index in [1.54, 1.807) is 30.3 Å². The number of hydrogen-bond donors (Lipinski definition) is 1. The van der Waals surface area contributed by atoms with Crippen LogP contribution >= 0.6 is 11.8 Å². The summed E-state index contributed by atoms with van der Waals surface area (Å²) in [5.41, 5.74) is 0.906. The lowest BCUT2D eigenvalue weighted by molar-refractivity contribution is 0.0947. The van der Waals surface area contributed by atoms with Crippen molar-refractivity contribution in [1.29, 1.82) is 0 Å². The van der Waals surface area contributed by atoms with Crippen molar-refractivity contribution >= 4 is 27.7 Å². The van der Waals surface area contributed by atoms with Crippen molar-refractivity contribution in [3.8, 4) is 0 Å². The number of rotatable bonds is 7. The number of carbonyl (C=O) groups excluding carboxylic acids is 1. The minimum Gasteiger partial charge on any atom is -0.348 e. The molecule has 1 fully saturated rings. The summed E-state index contributed by atoms with van der Waals surface area (Å²) in [6.45, 7) is 5.09. The third-order valence-corrected chi connectivity index (χ3v) is 8.99. The van der Waals surface area contributed by atoms with E-state index in [0.29, 0.717) is 28.4 Å². The van der Waals surface area contributed by atoms with E-state index in [2.05, 4.69) is 5.32 Å². The smallest absolute Gasteiger partial charge is 0.252 e. The van der Waals surface area contributed by atoms with Crippen molar-refractivity contribution in [1.82, 2.24) is 9.62 Å². The fraction of sp³-hybridized carbons (Fsp3) is 0.296. The molecule has 1 N–H and O–H groups in total. The second-order valence-electron chi connectivity index (χ2n) is 9.29. The highest BCUT2D eigenvalue weighted by Gasteiger charge is 2.32. The van der Waals surface area contributed by atoms with Gasteiger partial charge in [0.05, 0.1) is 10.5 Å². The van der Waals surface area contributed by atoms with E-state index in [0.717, 1.165) is 6.42 Å². The van der Waals surface area contributed by atoms with Crippen LogP contribution in [0.4, 0.5) is 8.78 Å². The van der Waals surface area contributed by atoms with Gasteiger partial charge in [-0.3, -0.25) is 4.79 Å². The maximum absolute atomic E-state index is 13.5. The fourth-order valence-electron chi connectivity index (χ4n) is 4.40. The number of sulfonamides is 1. The molecule has 3 aromatic carbocycles. The molecule has 1 aliphatic heterocycles. The molecule has 190 valence electrons. The number of benzene rings is 3. The average Bonchev–Trinajstić information content (AvgIpc) is 2.84. The van der Waals surface area contributed by atoms with Gasteiger partial charge in [-0.1, -0.05) is 37.7 Å². The fourth-order valence-corrected chi connectivity index (χ4v) is 7.03. The Morgan fingerprint density at radius 2 is 1.53 bits per heavy atom. The molecule has 2 atom stereocenters. The molecule has 0 bridgehead atoms. The van der Waals surface area contributed by atoms with E-state index >= 15 is 0 Å². The molecule has 36 heavy (non-hydrogen) atoms. The number of nitrogens with zero attached hydrogens (tertiary/aromatic N) is 1. The maximum Gasteiger partial charge on any atom is 0.252 e. The first-order chi connectivity index (χ1) is 17.1. The summed E-state index contributed by atoms with van der Waals surface area (Å²) in [6.07, 6.45) is 0.969. The van der Waals surface area contributed by atoms with Crippen LogP contribution in [0, 0.1) is 23.5 Å². The molecular formula is C27H28F2N2O3S2. The molecule has 0 radical (unpaired) electrons. The zero-order valence-corrected chi connectivity index (χ0v) is 21.7. The van der Waals surface area contributed by atoms with Crippen molar-refractivity contribution in [3.63, 3.8) is 0 Å². The van der Waals surface area contributed by atoms with Gasteiger partial charge in [0.25, 0.3) is 5.91 Å². The van der Waals surface area contributed by atoms with Crippen molar-refractivity contribution < 1.29 is 22.0 Å². The summed E-state index contributed by atoms with van der Waals surface area (Å²) < 4.78 is 55.0. The molecule has 0 spiro atoms. The topological polar surface area (TPSA) is 66.5 Å². The van der Waals surface area contributed by atoms with Crippen LogP contribution in [0.1, 0.15) is 36.2 Å². The normalized spacial score (nSPS) is 18.7. The molecule has 0 aromatic heterocycles. The first-order valence-corrected chi connectivity index (χ1v) is 14.0. The Bertz CT molecular complexity index is 1320. The van der Waals surface area contributed by atoms with Gasteiger partial charge in [-0.15, -0.1) is 0 Å². The van der Waals surface area contributed by atoms with Gasteiger partial charge < -0.3 is 5.32 Å². The first kappa shape index (κ1) is 26.3. The molecule has 1 saturated heterocycles. The molecule has 0 unspecified atom stereocenters. The quantitative estimate of drug-likeness (QED) is 0.425. The van der Waals surface area contributed by atoms with Gasteiger partial charge in [0.1, 0.15) is 11.6 Å². The predicted molar refractivity (Wildman–Crippen MR) is 136 cm³/mol. The summed E-state index contributed by atoms with van der Waals surface area (Å²) in [5.74, 6) is -0.711. The Labute approximate surface area is 215 Å². The standard InChI is InChI=1S/C27H28F2N2O3S2/c1-18-13-19(2)17-31(16-18)36(33,34)24-11-12-26(35-23-9-7-22(29)8-10-23)25(14-24)27(32)30-15-20-3-5-21(28)6-4-20/h3-12,14,18-19H,13,15-17H2,1-2H3,(H,30,32)/t18-,19+. The molecule has 9 heteroatoms. The predicted octanol–water partition coefficient (Wildman–Crippen LogP) is 5.71. The monoisotopic (exact) mass is 530 g/mol. The van der Waals surface area contributed by atoms with Crippen LogP contribution in [0.25, 0.3) is 0 Å². The zero-order chi connectivity index (χ0) is 25.9. The Hall–Kier alpha value is -2.75. The largest absolute Gasteiger partial charge is 0.348 e. The summed E-state index contributed by atoms with van der Waals surface area (Å²) >= 11 is 1.25. The molecule has 1 amide bonds.